The molecule has 0 saturated carbocycles. The van der Waals surface area contributed by atoms with Crippen molar-refractivity contribution in [2.45, 2.75) is 31.8 Å². The Balaban J connectivity index is 2.32. The van der Waals surface area contributed by atoms with Crippen molar-refractivity contribution in [1.29, 1.82) is 5.26 Å². The van der Waals surface area contributed by atoms with Gasteiger partial charge in [0.1, 0.15) is 0 Å². The fraction of sp³-hybridized carbons (Fsp3) is 0.889. The molecule has 12 heavy (non-hydrogen) atoms. The molecule has 0 aromatic heterocycles. The fourth-order valence-electron chi connectivity index (χ4n) is 1.72. The normalized spacial score (nSPS) is 31.4. The van der Waals surface area contributed by atoms with E-state index in [0.717, 1.165) is 25.9 Å². The Morgan fingerprint density at radius 1 is 1.67 bits per heavy atom. The summed E-state index contributed by atoms with van der Waals surface area (Å²) < 4.78 is 0. The Kier molecular flexibility index (Phi) is 3.07. The lowest BCUT2D eigenvalue weighted by atomic mass is 9.95. The topological polar surface area (TPSA) is 47.3 Å². The molecule has 68 valence electrons. The molecule has 3 heteroatoms. The van der Waals surface area contributed by atoms with Crippen molar-refractivity contribution >= 4 is 0 Å². The van der Waals surface area contributed by atoms with Crippen LogP contribution in [0.1, 0.15) is 26.2 Å². The number of piperidine rings is 1. The number of hydrogen-bond acceptors (Lipinski definition) is 3. The molecule has 3 nitrogen and oxygen atoms in total. The first kappa shape index (κ1) is 9.50. The first-order valence-corrected chi connectivity index (χ1v) is 4.46. The molecule has 0 amide bonds. The Morgan fingerprint density at radius 3 is 3.00 bits per heavy atom. The average molecular weight is 168 g/mol. The second-order valence-corrected chi connectivity index (χ2v) is 3.78. The van der Waals surface area contributed by atoms with Crippen LogP contribution in [0.3, 0.4) is 0 Å². The maximum Gasteiger partial charge on any atom is 0.0746 e. The molecule has 0 aromatic rings. The molecular formula is C9H16N2O. The quantitative estimate of drug-likeness (QED) is 0.661. The third-order valence-electron chi connectivity index (χ3n) is 2.29. The number of nitrogens with zero attached hydrogens (tertiary/aromatic N) is 2. The van der Waals surface area contributed by atoms with Crippen LogP contribution in [0.4, 0.5) is 0 Å². The number of nitriles is 1. The van der Waals surface area contributed by atoms with Gasteiger partial charge < -0.3 is 5.11 Å². The highest BCUT2D eigenvalue weighted by atomic mass is 16.3. The van der Waals surface area contributed by atoms with Crippen molar-refractivity contribution in [3.05, 3.63) is 0 Å². The SMILES string of the molecule is CC1(O)CCCN(CCC#N)C1. The summed E-state index contributed by atoms with van der Waals surface area (Å²) >= 11 is 0. The molecule has 1 N–H and O–H groups in total. The van der Waals surface area contributed by atoms with Gasteiger partial charge in [-0.3, -0.25) is 4.90 Å². The second-order valence-electron chi connectivity index (χ2n) is 3.78. The smallest absolute Gasteiger partial charge is 0.0746 e. The van der Waals surface area contributed by atoms with Crippen molar-refractivity contribution < 1.29 is 5.11 Å². The minimum absolute atomic E-state index is 0.534. The van der Waals surface area contributed by atoms with Crippen LogP contribution in [-0.2, 0) is 0 Å². The lowest BCUT2D eigenvalue weighted by Gasteiger charge is -2.36. The third kappa shape index (κ3) is 2.80. The predicted molar refractivity (Wildman–Crippen MR) is 46.5 cm³/mol. The molecule has 0 aromatic carbocycles. The van der Waals surface area contributed by atoms with Gasteiger partial charge in [-0.2, -0.15) is 5.26 Å². The van der Waals surface area contributed by atoms with Gasteiger partial charge in [-0.05, 0) is 26.3 Å². The molecule has 0 aliphatic carbocycles. The van der Waals surface area contributed by atoms with Gasteiger partial charge in [0.25, 0.3) is 0 Å². The maximum atomic E-state index is 9.72. The summed E-state index contributed by atoms with van der Waals surface area (Å²) in [5.41, 5.74) is -0.534. The van der Waals surface area contributed by atoms with E-state index in [1.54, 1.807) is 0 Å². The average Bonchev–Trinajstić information content (AvgIpc) is 1.99. The van der Waals surface area contributed by atoms with Crippen molar-refractivity contribution in [2.24, 2.45) is 0 Å². The van der Waals surface area contributed by atoms with E-state index >= 15 is 0 Å². The van der Waals surface area contributed by atoms with E-state index in [2.05, 4.69) is 11.0 Å². The molecule has 1 atom stereocenters. The van der Waals surface area contributed by atoms with Crippen molar-refractivity contribution in [3.8, 4) is 6.07 Å². The summed E-state index contributed by atoms with van der Waals surface area (Å²) in [6.07, 6.45) is 2.49. The molecule has 1 rings (SSSR count). The van der Waals surface area contributed by atoms with E-state index in [4.69, 9.17) is 5.26 Å². The van der Waals surface area contributed by atoms with Gasteiger partial charge in [0, 0.05) is 19.5 Å². The Morgan fingerprint density at radius 2 is 2.42 bits per heavy atom. The minimum Gasteiger partial charge on any atom is -0.389 e. The van der Waals surface area contributed by atoms with Crippen LogP contribution in [-0.4, -0.2) is 35.2 Å². The number of rotatable bonds is 2. The molecule has 1 aliphatic heterocycles. The summed E-state index contributed by atoms with van der Waals surface area (Å²) in [4.78, 5) is 2.16. The predicted octanol–water partition coefficient (Wildman–Crippen LogP) is 0.747. The number of β-amino-alcohol motifs (C(OH)–C–C–N with tert-alkyl or cyclic N) is 1. The highest BCUT2D eigenvalue weighted by Gasteiger charge is 2.27. The van der Waals surface area contributed by atoms with Gasteiger partial charge in [-0.1, -0.05) is 0 Å². The van der Waals surface area contributed by atoms with E-state index in [1.807, 2.05) is 6.92 Å². The molecule has 0 spiro atoms. The van der Waals surface area contributed by atoms with Crippen LogP contribution < -0.4 is 0 Å². The van der Waals surface area contributed by atoms with Crippen LogP contribution in [0, 0.1) is 11.3 Å². The van der Waals surface area contributed by atoms with Crippen LogP contribution in [0.25, 0.3) is 0 Å². The second kappa shape index (κ2) is 3.88. The molecule has 1 fully saturated rings. The molecule has 1 saturated heterocycles. The lowest BCUT2D eigenvalue weighted by Crippen LogP contribution is -2.46. The summed E-state index contributed by atoms with van der Waals surface area (Å²) in [5, 5.41) is 18.1. The van der Waals surface area contributed by atoms with E-state index in [-0.39, 0.29) is 0 Å². The number of aliphatic hydroxyl groups is 1. The Hall–Kier alpha value is -0.590. The van der Waals surface area contributed by atoms with E-state index < -0.39 is 5.60 Å². The summed E-state index contributed by atoms with van der Waals surface area (Å²) in [6.45, 7) is 4.41. The van der Waals surface area contributed by atoms with Gasteiger partial charge in [0.2, 0.25) is 0 Å². The van der Waals surface area contributed by atoms with E-state index in [0.29, 0.717) is 13.0 Å². The third-order valence-corrected chi connectivity index (χ3v) is 2.29. The maximum absolute atomic E-state index is 9.72. The highest BCUT2D eigenvalue weighted by Crippen LogP contribution is 2.19. The summed E-state index contributed by atoms with van der Waals surface area (Å²) in [6, 6.07) is 2.12. The van der Waals surface area contributed by atoms with Crippen molar-refractivity contribution in [3.63, 3.8) is 0 Å². The van der Waals surface area contributed by atoms with Crippen molar-refractivity contribution in [2.75, 3.05) is 19.6 Å². The molecule has 1 unspecified atom stereocenters. The monoisotopic (exact) mass is 168 g/mol. The molecular weight excluding hydrogens is 152 g/mol. The summed E-state index contributed by atoms with van der Waals surface area (Å²) in [7, 11) is 0. The van der Waals surface area contributed by atoms with Gasteiger partial charge in [0.05, 0.1) is 11.7 Å². The Bertz CT molecular complexity index is 183. The molecule has 1 aliphatic rings. The molecule has 0 bridgehead atoms. The van der Waals surface area contributed by atoms with E-state index in [9.17, 15) is 5.11 Å². The van der Waals surface area contributed by atoms with Crippen LogP contribution in [0.15, 0.2) is 0 Å². The van der Waals surface area contributed by atoms with Crippen molar-refractivity contribution in [1.82, 2.24) is 4.90 Å². The first-order chi connectivity index (χ1) is 5.64. The van der Waals surface area contributed by atoms with Crippen LogP contribution >= 0.6 is 0 Å². The highest BCUT2D eigenvalue weighted by molar-refractivity contribution is 4.84. The van der Waals surface area contributed by atoms with Gasteiger partial charge in [0.15, 0.2) is 0 Å². The number of hydrogen-bond donors (Lipinski definition) is 1. The lowest BCUT2D eigenvalue weighted by molar-refractivity contribution is -0.0147. The fourth-order valence-corrected chi connectivity index (χ4v) is 1.72. The van der Waals surface area contributed by atoms with E-state index in [1.165, 1.54) is 0 Å². The zero-order chi connectivity index (χ0) is 9.03. The van der Waals surface area contributed by atoms with Gasteiger partial charge >= 0.3 is 0 Å². The largest absolute Gasteiger partial charge is 0.389 e. The van der Waals surface area contributed by atoms with Gasteiger partial charge in [-0.15, -0.1) is 0 Å². The Labute approximate surface area is 73.6 Å². The standard InChI is InChI=1S/C9H16N2O/c1-9(12)4-2-6-11(8-9)7-3-5-10/h12H,2-4,6-8H2,1H3. The summed E-state index contributed by atoms with van der Waals surface area (Å²) in [5.74, 6) is 0. The van der Waals surface area contributed by atoms with Gasteiger partial charge in [-0.25, -0.2) is 0 Å². The van der Waals surface area contributed by atoms with Crippen LogP contribution in [0.2, 0.25) is 0 Å². The number of likely N-dealkylation sites (tertiary alicyclic amines) is 1. The molecule has 1 heterocycles. The first-order valence-electron chi connectivity index (χ1n) is 4.46. The molecule has 0 radical (unpaired) electrons. The minimum atomic E-state index is -0.534. The van der Waals surface area contributed by atoms with Crippen LogP contribution in [0.5, 0.6) is 0 Å². The zero-order valence-corrected chi connectivity index (χ0v) is 7.58. The zero-order valence-electron chi connectivity index (χ0n) is 7.58.